The van der Waals surface area contributed by atoms with Gasteiger partial charge in [0.2, 0.25) is 0 Å². The van der Waals surface area contributed by atoms with Gasteiger partial charge in [0.1, 0.15) is 12.2 Å². The standard InChI is InChI=1S/C16H24OSi2/c1-18(2,3)15-9-11-12(10-16(15)19(4,5)6)14-8-7-13(11)17-14/h7-10,13-14H,1-6H3/t13-,14+. The van der Waals surface area contributed by atoms with Gasteiger partial charge in [-0.1, -0.05) is 73.9 Å². The van der Waals surface area contributed by atoms with Crippen molar-refractivity contribution >= 4 is 26.5 Å². The van der Waals surface area contributed by atoms with Crippen molar-refractivity contribution in [3.05, 3.63) is 35.4 Å². The van der Waals surface area contributed by atoms with E-state index in [1.807, 2.05) is 0 Å². The fourth-order valence-corrected chi connectivity index (χ4v) is 8.36. The molecule has 0 saturated heterocycles. The third-order valence-electron chi connectivity index (χ3n) is 4.21. The highest BCUT2D eigenvalue weighted by Gasteiger charge is 2.37. The van der Waals surface area contributed by atoms with E-state index in [0.717, 1.165) is 0 Å². The van der Waals surface area contributed by atoms with E-state index in [1.54, 1.807) is 10.4 Å². The third-order valence-corrected chi connectivity index (χ3v) is 8.52. The molecule has 3 heteroatoms. The summed E-state index contributed by atoms with van der Waals surface area (Å²) >= 11 is 0. The Morgan fingerprint density at radius 3 is 1.42 bits per heavy atom. The first-order chi connectivity index (χ1) is 8.68. The zero-order valence-corrected chi connectivity index (χ0v) is 14.9. The highest BCUT2D eigenvalue weighted by molar-refractivity contribution is 6.98. The Labute approximate surface area is 118 Å². The van der Waals surface area contributed by atoms with E-state index < -0.39 is 16.1 Å². The number of ether oxygens (including phenoxy) is 1. The predicted molar refractivity (Wildman–Crippen MR) is 88.1 cm³/mol. The molecule has 0 radical (unpaired) electrons. The molecule has 0 amide bonds. The summed E-state index contributed by atoms with van der Waals surface area (Å²) in [6.45, 7) is 14.8. The van der Waals surface area contributed by atoms with Crippen LogP contribution in [-0.2, 0) is 4.74 Å². The van der Waals surface area contributed by atoms with Crippen LogP contribution < -0.4 is 10.4 Å². The lowest BCUT2D eigenvalue weighted by Crippen LogP contribution is -2.56. The second kappa shape index (κ2) is 3.93. The van der Waals surface area contributed by atoms with Gasteiger partial charge in [-0.2, -0.15) is 0 Å². The molecule has 0 spiro atoms. The first-order valence-corrected chi connectivity index (χ1v) is 14.2. The SMILES string of the molecule is C[Si](C)(C)c1cc2c(cc1[Si](C)(C)C)[C@H]1C=C[C@@H]2O1. The summed E-state index contributed by atoms with van der Waals surface area (Å²) < 4.78 is 6.00. The Kier molecular flexibility index (Phi) is 2.76. The molecule has 1 aromatic rings. The van der Waals surface area contributed by atoms with Crippen LogP contribution in [0.5, 0.6) is 0 Å². The molecule has 0 unspecified atom stereocenters. The maximum atomic E-state index is 6.00. The van der Waals surface area contributed by atoms with Crippen molar-refractivity contribution in [1.82, 2.24) is 0 Å². The minimum absolute atomic E-state index is 0.228. The van der Waals surface area contributed by atoms with Crippen molar-refractivity contribution in [2.24, 2.45) is 0 Å². The fourth-order valence-electron chi connectivity index (χ4n) is 3.17. The van der Waals surface area contributed by atoms with Crippen LogP contribution in [-0.4, -0.2) is 16.1 Å². The molecule has 1 aromatic carbocycles. The molecule has 3 rings (SSSR count). The predicted octanol–water partition coefficient (Wildman–Crippen LogP) is 3.46. The van der Waals surface area contributed by atoms with Crippen molar-refractivity contribution < 1.29 is 4.74 Å². The smallest absolute Gasteiger partial charge is 0.102 e. The molecule has 0 aliphatic carbocycles. The first-order valence-electron chi connectivity index (χ1n) is 7.20. The lowest BCUT2D eigenvalue weighted by Gasteiger charge is -2.29. The molecule has 0 fully saturated rings. The number of hydrogen-bond donors (Lipinski definition) is 0. The summed E-state index contributed by atoms with van der Waals surface area (Å²) in [4.78, 5) is 0. The molecule has 2 aliphatic rings. The lowest BCUT2D eigenvalue weighted by atomic mass is 9.97. The maximum absolute atomic E-state index is 6.00. The van der Waals surface area contributed by atoms with Gasteiger partial charge in [0.15, 0.2) is 0 Å². The summed E-state index contributed by atoms with van der Waals surface area (Å²) in [6, 6.07) is 4.98. The van der Waals surface area contributed by atoms with Crippen molar-refractivity contribution in [2.75, 3.05) is 0 Å². The molecule has 2 aliphatic heterocycles. The van der Waals surface area contributed by atoms with Crippen molar-refractivity contribution in [2.45, 2.75) is 51.5 Å². The summed E-state index contributed by atoms with van der Waals surface area (Å²) in [6.07, 6.45) is 4.89. The van der Waals surface area contributed by atoms with Crippen molar-refractivity contribution in [3.8, 4) is 0 Å². The molecular weight excluding hydrogens is 264 g/mol. The molecule has 1 nitrogen and oxygen atoms in total. The van der Waals surface area contributed by atoms with E-state index >= 15 is 0 Å². The Balaban J connectivity index is 2.23. The van der Waals surface area contributed by atoms with Crippen LogP contribution in [0.4, 0.5) is 0 Å². The van der Waals surface area contributed by atoms with Gasteiger partial charge < -0.3 is 4.74 Å². The first kappa shape index (κ1) is 13.3. The zero-order chi connectivity index (χ0) is 14.0. The van der Waals surface area contributed by atoms with Crippen molar-refractivity contribution in [3.63, 3.8) is 0 Å². The van der Waals surface area contributed by atoms with Crippen LogP contribution in [0.3, 0.4) is 0 Å². The van der Waals surface area contributed by atoms with Gasteiger partial charge in [0.05, 0.1) is 16.1 Å². The molecule has 0 N–H and O–H groups in total. The number of rotatable bonds is 2. The number of hydrogen-bond acceptors (Lipinski definition) is 1. The average Bonchev–Trinajstić information content (AvgIpc) is 2.85. The van der Waals surface area contributed by atoms with Crippen LogP contribution in [0.15, 0.2) is 24.3 Å². The highest BCUT2D eigenvalue weighted by Crippen LogP contribution is 2.45. The second-order valence-corrected chi connectivity index (χ2v) is 18.0. The average molecular weight is 289 g/mol. The van der Waals surface area contributed by atoms with Crippen LogP contribution in [0.1, 0.15) is 23.3 Å². The topological polar surface area (TPSA) is 9.23 Å². The van der Waals surface area contributed by atoms with Crippen LogP contribution >= 0.6 is 0 Å². The van der Waals surface area contributed by atoms with Gasteiger partial charge in [-0.3, -0.25) is 0 Å². The maximum Gasteiger partial charge on any atom is 0.102 e. The molecular formula is C16H24OSi2. The third kappa shape index (κ3) is 2.08. The van der Waals surface area contributed by atoms with Crippen LogP contribution in [0.2, 0.25) is 39.3 Å². The Hall–Kier alpha value is -0.646. The number of benzene rings is 1. The van der Waals surface area contributed by atoms with Gasteiger partial charge in [-0.15, -0.1) is 0 Å². The minimum atomic E-state index is -1.30. The van der Waals surface area contributed by atoms with E-state index in [-0.39, 0.29) is 12.2 Å². The van der Waals surface area contributed by atoms with Crippen LogP contribution in [0.25, 0.3) is 0 Å². The molecule has 0 aromatic heterocycles. The lowest BCUT2D eigenvalue weighted by molar-refractivity contribution is 0.0879. The van der Waals surface area contributed by atoms with E-state index in [1.165, 1.54) is 11.1 Å². The highest BCUT2D eigenvalue weighted by atomic mass is 28.3. The van der Waals surface area contributed by atoms with Gasteiger partial charge in [0.25, 0.3) is 0 Å². The quantitative estimate of drug-likeness (QED) is 0.598. The van der Waals surface area contributed by atoms with E-state index in [2.05, 4.69) is 63.6 Å². The van der Waals surface area contributed by atoms with Gasteiger partial charge in [0, 0.05) is 0 Å². The second-order valence-electron chi connectivity index (χ2n) is 7.89. The van der Waals surface area contributed by atoms with Crippen LogP contribution in [0, 0.1) is 0 Å². The van der Waals surface area contributed by atoms with E-state index in [0.29, 0.717) is 0 Å². The minimum Gasteiger partial charge on any atom is -0.357 e. The fraction of sp³-hybridized carbons (Fsp3) is 0.500. The van der Waals surface area contributed by atoms with E-state index in [9.17, 15) is 0 Å². The molecule has 19 heavy (non-hydrogen) atoms. The van der Waals surface area contributed by atoms with Crippen molar-refractivity contribution in [1.29, 1.82) is 0 Å². The van der Waals surface area contributed by atoms with Gasteiger partial charge in [-0.25, -0.2) is 0 Å². The molecule has 102 valence electrons. The summed E-state index contributed by atoms with van der Waals surface area (Å²) in [5.74, 6) is 0. The molecule has 2 atom stereocenters. The molecule has 0 saturated carbocycles. The molecule has 2 heterocycles. The van der Waals surface area contributed by atoms with E-state index in [4.69, 9.17) is 4.74 Å². The monoisotopic (exact) mass is 288 g/mol. The Morgan fingerprint density at radius 1 is 0.737 bits per heavy atom. The number of fused-ring (bicyclic) bond motifs is 5. The summed E-state index contributed by atoms with van der Waals surface area (Å²) in [7, 11) is -2.61. The summed E-state index contributed by atoms with van der Waals surface area (Å²) in [5, 5.41) is 3.32. The zero-order valence-electron chi connectivity index (χ0n) is 12.9. The normalized spacial score (nSPS) is 24.9. The molecule has 2 bridgehead atoms. The Morgan fingerprint density at radius 2 is 1.11 bits per heavy atom. The van der Waals surface area contributed by atoms with Gasteiger partial charge in [-0.05, 0) is 11.1 Å². The Bertz CT molecular complexity index is 512. The largest absolute Gasteiger partial charge is 0.357 e. The van der Waals surface area contributed by atoms with Gasteiger partial charge >= 0.3 is 0 Å². The summed E-state index contributed by atoms with van der Waals surface area (Å²) in [5.41, 5.74) is 2.87.